The Morgan fingerprint density at radius 2 is 1.70 bits per heavy atom. The highest BCUT2D eigenvalue weighted by molar-refractivity contribution is 5.94. The van der Waals surface area contributed by atoms with Crippen LogP contribution in [0.3, 0.4) is 0 Å². The molecule has 116 valence electrons. The van der Waals surface area contributed by atoms with Gasteiger partial charge < -0.3 is 10.1 Å². The smallest absolute Gasteiger partial charge is 0.251 e. The average molecular weight is 307 g/mol. The Morgan fingerprint density at radius 1 is 1.04 bits per heavy atom. The van der Waals surface area contributed by atoms with Crippen molar-refractivity contribution in [3.05, 3.63) is 65.5 Å². The predicted molar refractivity (Wildman–Crippen MR) is 88.4 cm³/mol. The first-order chi connectivity index (χ1) is 11.2. The minimum atomic E-state index is -0.151. The van der Waals surface area contributed by atoms with Crippen molar-refractivity contribution in [2.45, 2.75) is 13.5 Å². The molecule has 1 amide bonds. The second-order valence-corrected chi connectivity index (χ2v) is 5.16. The first kappa shape index (κ1) is 15.0. The van der Waals surface area contributed by atoms with Crippen LogP contribution in [0.2, 0.25) is 0 Å². The molecule has 5 heteroatoms. The van der Waals surface area contributed by atoms with Gasteiger partial charge in [-0.15, -0.1) is 0 Å². The molecule has 0 bridgehead atoms. The maximum atomic E-state index is 12.2. The number of nitrogens with zero attached hydrogens (tertiary/aromatic N) is 2. The molecular formula is C18H17N3O2. The third-order valence-corrected chi connectivity index (χ3v) is 3.61. The molecule has 1 heterocycles. The van der Waals surface area contributed by atoms with E-state index in [1.54, 1.807) is 31.4 Å². The fraction of sp³-hybridized carbons (Fsp3) is 0.167. The first-order valence-corrected chi connectivity index (χ1v) is 7.32. The first-order valence-electron chi connectivity index (χ1n) is 7.32. The SMILES string of the molecule is COc1ccc(C(=O)NCc2nc3ccccc3nc2C)cc1. The molecule has 2 aromatic carbocycles. The zero-order valence-corrected chi connectivity index (χ0v) is 13.0. The molecule has 0 aliphatic heterocycles. The lowest BCUT2D eigenvalue weighted by atomic mass is 10.2. The molecule has 0 atom stereocenters. The third kappa shape index (κ3) is 3.29. The van der Waals surface area contributed by atoms with Crippen LogP contribution in [0.5, 0.6) is 5.75 Å². The molecule has 0 aliphatic carbocycles. The molecule has 1 aromatic heterocycles. The molecular weight excluding hydrogens is 290 g/mol. The number of para-hydroxylation sites is 2. The Bertz CT molecular complexity index is 845. The van der Waals surface area contributed by atoms with E-state index in [1.165, 1.54) is 0 Å². The van der Waals surface area contributed by atoms with Gasteiger partial charge in [-0.2, -0.15) is 0 Å². The van der Waals surface area contributed by atoms with Gasteiger partial charge in [0.25, 0.3) is 5.91 Å². The van der Waals surface area contributed by atoms with Gasteiger partial charge in [-0.05, 0) is 43.3 Å². The Kier molecular flexibility index (Phi) is 4.19. The van der Waals surface area contributed by atoms with Crippen LogP contribution in [-0.4, -0.2) is 23.0 Å². The van der Waals surface area contributed by atoms with E-state index in [4.69, 9.17) is 4.74 Å². The number of hydrogen-bond acceptors (Lipinski definition) is 4. The van der Waals surface area contributed by atoms with Gasteiger partial charge in [0.2, 0.25) is 0 Å². The van der Waals surface area contributed by atoms with Crippen LogP contribution in [-0.2, 0) is 6.54 Å². The minimum Gasteiger partial charge on any atom is -0.497 e. The van der Waals surface area contributed by atoms with Crippen LogP contribution < -0.4 is 10.1 Å². The fourth-order valence-corrected chi connectivity index (χ4v) is 2.30. The quantitative estimate of drug-likeness (QED) is 0.805. The Hall–Kier alpha value is -2.95. The number of ether oxygens (including phenoxy) is 1. The van der Waals surface area contributed by atoms with Gasteiger partial charge in [-0.1, -0.05) is 12.1 Å². The molecule has 1 N–H and O–H groups in total. The normalized spacial score (nSPS) is 10.5. The summed E-state index contributed by atoms with van der Waals surface area (Å²) in [5, 5.41) is 2.88. The fourth-order valence-electron chi connectivity index (χ4n) is 2.30. The van der Waals surface area contributed by atoms with E-state index in [9.17, 15) is 4.79 Å². The van der Waals surface area contributed by atoms with E-state index < -0.39 is 0 Å². The molecule has 23 heavy (non-hydrogen) atoms. The summed E-state index contributed by atoms with van der Waals surface area (Å²) < 4.78 is 5.08. The van der Waals surface area contributed by atoms with Crippen LogP contribution in [0.25, 0.3) is 11.0 Å². The van der Waals surface area contributed by atoms with Crippen molar-refractivity contribution in [2.75, 3.05) is 7.11 Å². The lowest BCUT2D eigenvalue weighted by Crippen LogP contribution is -2.24. The Labute approximate surface area is 134 Å². The maximum absolute atomic E-state index is 12.2. The van der Waals surface area contributed by atoms with E-state index in [0.717, 1.165) is 28.2 Å². The number of carbonyl (C=O) groups excluding carboxylic acids is 1. The lowest BCUT2D eigenvalue weighted by Gasteiger charge is -2.09. The van der Waals surface area contributed by atoms with Crippen LogP contribution in [0.1, 0.15) is 21.7 Å². The van der Waals surface area contributed by atoms with E-state index in [2.05, 4.69) is 15.3 Å². The Morgan fingerprint density at radius 3 is 2.35 bits per heavy atom. The van der Waals surface area contributed by atoms with Crippen molar-refractivity contribution in [2.24, 2.45) is 0 Å². The second kappa shape index (κ2) is 6.44. The van der Waals surface area contributed by atoms with Gasteiger partial charge in [0, 0.05) is 5.56 Å². The topological polar surface area (TPSA) is 64.1 Å². The zero-order valence-electron chi connectivity index (χ0n) is 13.0. The molecule has 0 saturated carbocycles. The number of amides is 1. The zero-order chi connectivity index (χ0) is 16.2. The standard InChI is InChI=1S/C18H17N3O2/c1-12-17(21-16-6-4-3-5-15(16)20-12)11-19-18(22)13-7-9-14(23-2)10-8-13/h3-10H,11H2,1-2H3,(H,19,22). The summed E-state index contributed by atoms with van der Waals surface area (Å²) in [7, 11) is 1.59. The van der Waals surface area contributed by atoms with E-state index in [1.807, 2.05) is 31.2 Å². The Balaban J connectivity index is 1.74. The molecule has 0 saturated heterocycles. The van der Waals surface area contributed by atoms with Crippen LogP contribution in [0.4, 0.5) is 0 Å². The van der Waals surface area contributed by atoms with Crippen LogP contribution >= 0.6 is 0 Å². The largest absolute Gasteiger partial charge is 0.497 e. The lowest BCUT2D eigenvalue weighted by molar-refractivity contribution is 0.0950. The molecule has 5 nitrogen and oxygen atoms in total. The third-order valence-electron chi connectivity index (χ3n) is 3.61. The summed E-state index contributed by atoms with van der Waals surface area (Å²) in [4.78, 5) is 21.3. The summed E-state index contributed by atoms with van der Waals surface area (Å²) in [5.74, 6) is 0.569. The maximum Gasteiger partial charge on any atom is 0.251 e. The predicted octanol–water partition coefficient (Wildman–Crippen LogP) is 2.88. The molecule has 0 unspecified atom stereocenters. The van der Waals surface area contributed by atoms with Crippen molar-refractivity contribution in [1.29, 1.82) is 0 Å². The second-order valence-electron chi connectivity index (χ2n) is 5.16. The highest BCUT2D eigenvalue weighted by Gasteiger charge is 2.09. The molecule has 0 radical (unpaired) electrons. The van der Waals surface area contributed by atoms with Crippen LogP contribution in [0, 0.1) is 6.92 Å². The monoisotopic (exact) mass is 307 g/mol. The highest BCUT2D eigenvalue weighted by Crippen LogP contribution is 2.13. The molecule has 0 fully saturated rings. The van der Waals surface area contributed by atoms with Crippen molar-refractivity contribution >= 4 is 16.9 Å². The molecule has 0 spiro atoms. The summed E-state index contributed by atoms with van der Waals surface area (Å²) in [5.41, 5.74) is 3.85. The van der Waals surface area contributed by atoms with Gasteiger partial charge in [0.05, 0.1) is 36.1 Å². The van der Waals surface area contributed by atoms with Crippen molar-refractivity contribution in [3.63, 3.8) is 0 Å². The number of methoxy groups -OCH3 is 1. The summed E-state index contributed by atoms with van der Waals surface area (Å²) in [6.07, 6.45) is 0. The van der Waals surface area contributed by atoms with E-state index >= 15 is 0 Å². The number of carbonyl (C=O) groups is 1. The van der Waals surface area contributed by atoms with Gasteiger partial charge in [0.1, 0.15) is 5.75 Å². The van der Waals surface area contributed by atoms with Crippen LogP contribution in [0.15, 0.2) is 48.5 Å². The summed E-state index contributed by atoms with van der Waals surface area (Å²) in [6, 6.07) is 14.7. The van der Waals surface area contributed by atoms with Crippen molar-refractivity contribution in [1.82, 2.24) is 15.3 Å². The number of aromatic nitrogens is 2. The van der Waals surface area contributed by atoms with Gasteiger partial charge in [-0.3, -0.25) is 4.79 Å². The van der Waals surface area contributed by atoms with E-state index in [0.29, 0.717) is 12.1 Å². The molecule has 3 aromatic rings. The number of benzene rings is 2. The highest BCUT2D eigenvalue weighted by atomic mass is 16.5. The summed E-state index contributed by atoms with van der Waals surface area (Å²) in [6.45, 7) is 2.24. The number of aryl methyl sites for hydroxylation is 1. The van der Waals surface area contributed by atoms with Crippen molar-refractivity contribution < 1.29 is 9.53 Å². The minimum absolute atomic E-state index is 0.151. The number of nitrogens with one attached hydrogen (secondary N) is 1. The van der Waals surface area contributed by atoms with Gasteiger partial charge in [-0.25, -0.2) is 9.97 Å². The van der Waals surface area contributed by atoms with Gasteiger partial charge >= 0.3 is 0 Å². The van der Waals surface area contributed by atoms with Gasteiger partial charge in [0.15, 0.2) is 0 Å². The number of fused-ring (bicyclic) bond motifs is 1. The van der Waals surface area contributed by atoms with Crippen molar-refractivity contribution in [3.8, 4) is 5.75 Å². The number of rotatable bonds is 4. The number of hydrogen-bond donors (Lipinski definition) is 1. The summed E-state index contributed by atoms with van der Waals surface area (Å²) >= 11 is 0. The molecule has 0 aliphatic rings. The molecule has 3 rings (SSSR count). The van der Waals surface area contributed by atoms with E-state index in [-0.39, 0.29) is 5.91 Å². The average Bonchev–Trinajstić information content (AvgIpc) is 2.59.